The molecule has 4 saturated heterocycles. The van der Waals surface area contributed by atoms with E-state index in [4.69, 9.17) is 28.4 Å². The third kappa shape index (κ3) is 7.14. The van der Waals surface area contributed by atoms with Crippen molar-refractivity contribution in [2.75, 3.05) is 6.61 Å². The number of ether oxygens (including phenoxy) is 6. The fourth-order valence-corrected chi connectivity index (χ4v) is 15.0. The predicted molar refractivity (Wildman–Crippen MR) is 214 cm³/mol. The number of esters is 1. The lowest BCUT2D eigenvalue weighted by Gasteiger charge is -2.64. The van der Waals surface area contributed by atoms with Gasteiger partial charge < -0.3 is 54.0 Å². The molecule has 0 amide bonds. The van der Waals surface area contributed by atoms with Crippen molar-refractivity contribution < 1.29 is 93.1 Å². The van der Waals surface area contributed by atoms with E-state index in [1.165, 1.54) is 6.92 Å². The lowest BCUT2D eigenvalue weighted by Crippen LogP contribution is -2.69. The van der Waals surface area contributed by atoms with Gasteiger partial charge in [0, 0.05) is 0 Å². The van der Waals surface area contributed by atoms with Crippen molar-refractivity contribution in [3.63, 3.8) is 0 Å². The van der Waals surface area contributed by atoms with Gasteiger partial charge in [-0.25, -0.2) is 8.37 Å². The molecule has 7 fully saturated rings. The molecule has 3 saturated carbocycles. The van der Waals surface area contributed by atoms with E-state index in [1.54, 1.807) is 13.0 Å². The number of fused-ring (bicyclic) bond motifs is 4. The molecule has 7 N–H and O–H groups in total. The van der Waals surface area contributed by atoms with Crippen molar-refractivity contribution in [1.82, 2.24) is 0 Å². The molecule has 20 nitrogen and oxygen atoms in total. The zero-order valence-corrected chi connectivity index (χ0v) is 38.4. The van der Waals surface area contributed by atoms with Gasteiger partial charge in [-0.2, -0.15) is 16.8 Å². The molecule has 360 valence electrons. The van der Waals surface area contributed by atoms with E-state index in [2.05, 4.69) is 15.3 Å². The zero-order chi connectivity index (χ0) is 46.5. The molecular formula is C41H64O20S2. The number of carbonyl (C=O) groups excluding carboxylic acids is 1. The van der Waals surface area contributed by atoms with Gasteiger partial charge in [-0.15, -0.1) is 0 Å². The summed E-state index contributed by atoms with van der Waals surface area (Å²) in [5, 5.41) is 58.6. The van der Waals surface area contributed by atoms with E-state index < -0.39 is 145 Å². The van der Waals surface area contributed by atoms with Gasteiger partial charge in [0.1, 0.15) is 53.7 Å². The first-order valence-electron chi connectivity index (χ1n) is 21.8. The second-order valence-electron chi connectivity index (χ2n) is 21.2. The molecule has 0 aromatic carbocycles. The van der Waals surface area contributed by atoms with Crippen LogP contribution in [-0.4, -0.2) is 154 Å². The Morgan fingerprint density at radius 1 is 0.762 bits per heavy atom. The highest BCUT2D eigenvalue weighted by Gasteiger charge is 2.87. The first-order valence-corrected chi connectivity index (χ1v) is 24.6. The Kier molecular flexibility index (Phi) is 11.6. The van der Waals surface area contributed by atoms with Gasteiger partial charge in [0.05, 0.1) is 30.5 Å². The quantitative estimate of drug-likeness (QED) is 0.0741. The number of hydrogen-bond donors (Lipinski definition) is 7. The number of cyclic esters (lactones) is 1. The van der Waals surface area contributed by atoms with Crippen LogP contribution in [0, 0.1) is 33.5 Å². The summed E-state index contributed by atoms with van der Waals surface area (Å²) in [7, 11) is -10.2. The molecule has 1 unspecified atom stereocenters. The highest BCUT2D eigenvalue weighted by atomic mass is 32.3. The number of allylic oxidation sites excluding steroid dienone is 1. The largest absolute Gasteiger partial charge is 0.453 e. The molecule has 8 rings (SSSR count). The minimum absolute atomic E-state index is 0.0889. The van der Waals surface area contributed by atoms with Gasteiger partial charge in [0.25, 0.3) is 0 Å². The van der Waals surface area contributed by atoms with Gasteiger partial charge in [0.2, 0.25) is 0 Å². The van der Waals surface area contributed by atoms with Crippen molar-refractivity contribution >= 4 is 26.8 Å². The monoisotopic (exact) mass is 940 g/mol. The Balaban J connectivity index is 1.05. The number of hydrogen-bond acceptors (Lipinski definition) is 18. The molecular weight excluding hydrogens is 877 g/mol. The van der Waals surface area contributed by atoms with Crippen LogP contribution in [0.4, 0.5) is 0 Å². The summed E-state index contributed by atoms with van der Waals surface area (Å²) in [6.45, 7) is 14.6. The summed E-state index contributed by atoms with van der Waals surface area (Å²) in [4.78, 5) is 14.5. The molecule has 63 heavy (non-hydrogen) atoms. The average molecular weight is 941 g/mol. The third-order valence-corrected chi connectivity index (χ3v) is 18.1. The first-order chi connectivity index (χ1) is 28.9. The maximum Gasteiger partial charge on any atom is 0.397 e. The van der Waals surface area contributed by atoms with Crippen LogP contribution in [0.5, 0.6) is 0 Å². The molecule has 4 heterocycles. The van der Waals surface area contributed by atoms with E-state index in [0.29, 0.717) is 38.5 Å². The highest BCUT2D eigenvalue weighted by Crippen LogP contribution is 2.77. The third-order valence-electron chi connectivity index (χ3n) is 17.1. The molecule has 1 spiro atoms. The van der Waals surface area contributed by atoms with E-state index >= 15 is 0 Å². The Morgan fingerprint density at radius 2 is 1.43 bits per heavy atom. The molecule has 8 aliphatic rings. The first kappa shape index (κ1) is 48.0. The number of aliphatic hydroxyl groups is 5. The summed E-state index contributed by atoms with van der Waals surface area (Å²) < 4.78 is 111. The maximum absolute atomic E-state index is 14.5. The van der Waals surface area contributed by atoms with E-state index in [-0.39, 0.29) is 18.3 Å². The van der Waals surface area contributed by atoms with Crippen molar-refractivity contribution in [2.45, 2.75) is 197 Å². The van der Waals surface area contributed by atoms with Crippen molar-refractivity contribution in [1.29, 1.82) is 0 Å². The van der Waals surface area contributed by atoms with Crippen LogP contribution in [0.3, 0.4) is 0 Å². The minimum Gasteiger partial charge on any atom is -0.453 e. The van der Waals surface area contributed by atoms with Gasteiger partial charge in [0.15, 0.2) is 18.2 Å². The number of rotatable bonds is 9. The fourth-order valence-electron chi connectivity index (χ4n) is 14.0. The minimum atomic E-state index is -5.12. The van der Waals surface area contributed by atoms with Crippen molar-refractivity contribution in [2.24, 2.45) is 33.5 Å². The van der Waals surface area contributed by atoms with Crippen LogP contribution in [0.15, 0.2) is 11.6 Å². The predicted octanol–water partition coefficient (Wildman–Crippen LogP) is 1.26. The SMILES string of the molecule is C[C@H]1O[C@@H](O[C@H]2[C@H](O[C@H]3CC[C@]4(C)C5=C[C@H](O)[C@]67C(=O)O[C@@](C)(C8CCC(C)(C)O8)[C@@]6(O)CC[C@@]7(C)[C@@H]5CC[C@H]4C3(C)C)OC[C@@H](OS(=O)(=O)O)[C@@H]2O)[C@H](O)[C@@H](O)[C@@H]1OS(=O)(=O)O. The molecule has 22 heteroatoms. The molecule has 0 radical (unpaired) electrons. The molecule has 0 bridgehead atoms. The normalized spacial score (nSPS) is 51.7. The van der Waals surface area contributed by atoms with Crippen molar-refractivity contribution in [3.8, 4) is 0 Å². The van der Waals surface area contributed by atoms with Crippen LogP contribution < -0.4 is 0 Å². The molecule has 4 aliphatic heterocycles. The van der Waals surface area contributed by atoms with Gasteiger partial charge in [-0.3, -0.25) is 13.9 Å². The topological polar surface area (TPSA) is 301 Å². The summed E-state index contributed by atoms with van der Waals surface area (Å²) in [6.07, 6.45) is -12.2. The van der Waals surface area contributed by atoms with E-state index in [0.717, 1.165) is 12.0 Å². The number of aliphatic hydroxyl groups excluding tert-OH is 4. The van der Waals surface area contributed by atoms with E-state index in [9.17, 15) is 56.3 Å². The Morgan fingerprint density at radius 3 is 2.05 bits per heavy atom. The highest BCUT2D eigenvalue weighted by molar-refractivity contribution is 7.81. The fraction of sp³-hybridized carbons (Fsp3) is 0.927. The van der Waals surface area contributed by atoms with Gasteiger partial charge >= 0.3 is 26.8 Å². The Labute approximate surface area is 367 Å². The average Bonchev–Trinajstić information content (AvgIpc) is 3.72. The van der Waals surface area contributed by atoms with Crippen LogP contribution in [-0.2, 0) is 62.4 Å². The summed E-state index contributed by atoms with van der Waals surface area (Å²) >= 11 is 0. The molecule has 19 atom stereocenters. The zero-order valence-electron chi connectivity index (χ0n) is 36.8. The van der Waals surface area contributed by atoms with Crippen LogP contribution in [0.25, 0.3) is 0 Å². The number of carbonyl (C=O) groups is 1. The van der Waals surface area contributed by atoms with Gasteiger partial charge in [-0.1, -0.05) is 39.3 Å². The lowest BCUT2D eigenvalue weighted by molar-refractivity contribution is -0.361. The summed E-state index contributed by atoms with van der Waals surface area (Å²) in [6, 6.07) is 0. The Bertz CT molecular complexity index is 2080. The Hall–Kier alpha value is -1.45. The van der Waals surface area contributed by atoms with Crippen LogP contribution in [0.2, 0.25) is 0 Å². The van der Waals surface area contributed by atoms with Crippen LogP contribution in [0.1, 0.15) is 107 Å². The second-order valence-corrected chi connectivity index (χ2v) is 23.3. The molecule has 4 aliphatic carbocycles. The van der Waals surface area contributed by atoms with Gasteiger partial charge in [-0.05, 0) is 107 Å². The smallest absolute Gasteiger partial charge is 0.397 e. The summed E-state index contributed by atoms with van der Waals surface area (Å²) in [5.41, 5.74) is -6.22. The van der Waals surface area contributed by atoms with Crippen molar-refractivity contribution in [3.05, 3.63) is 11.6 Å². The lowest BCUT2D eigenvalue weighted by atomic mass is 9.40. The molecule has 0 aromatic rings. The standard InChI is InChI=1S/C41H64O20S2/c1-19-30(61-63(51,52)53)28(44)29(45)32(55-19)57-31-27(43)22(60-62(48,49)50)18-54-33(31)56-25-12-14-37(6)21-17-24(42)41-34(46)59-39(8,26-11-13-35(2,3)58-26)40(41,47)16-15-38(41,7)20(21)9-10-23(37)36(25,4)5/h17,19-20,22-33,42-45,47H,9-16,18H2,1-8H3,(H,48,49,50)(H,51,52,53)/t19-,20-,22-,23+,24+,25+,26?,27+,28-,29-,30-,31-,32+,33+,37-,38+,39+,40+,41-/m1/s1. The summed E-state index contributed by atoms with van der Waals surface area (Å²) in [5.74, 6) is -0.879. The molecule has 0 aromatic heterocycles. The van der Waals surface area contributed by atoms with Crippen LogP contribution >= 0.6 is 0 Å². The van der Waals surface area contributed by atoms with E-state index in [1.807, 2.05) is 34.6 Å². The maximum atomic E-state index is 14.5. The second kappa shape index (κ2) is 15.3.